The second-order valence-corrected chi connectivity index (χ2v) is 6.72. The van der Waals surface area contributed by atoms with Gasteiger partial charge in [0.05, 0.1) is 28.6 Å². The number of ether oxygens (including phenoxy) is 1. The summed E-state index contributed by atoms with van der Waals surface area (Å²) in [7, 11) is 0. The molecule has 5 rings (SSSR count). The topological polar surface area (TPSA) is 65.4 Å². The highest BCUT2D eigenvalue weighted by Gasteiger charge is 2.23. The average molecular weight is 363 g/mol. The van der Waals surface area contributed by atoms with Crippen LogP contribution in [-0.4, -0.2) is 21.0 Å². The number of hydrogen-bond acceptors (Lipinski definition) is 4. The van der Waals surface area contributed by atoms with Crippen molar-refractivity contribution in [2.24, 2.45) is 5.73 Å². The maximum atomic E-state index is 6.18. The fourth-order valence-corrected chi connectivity index (χ4v) is 3.51. The zero-order valence-electron chi connectivity index (χ0n) is 13.8. The fraction of sp³-hybridized carbons (Fsp3) is 0.100. The third kappa shape index (κ3) is 2.36. The van der Waals surface area contributed by atoms with Crippen LogP contribution < -0.4 is 10.5 Å². The Bertz CT molecular complexity index is 1120. The summed E-state index contributed by atoms with van der Waals surface area (Å²) in [4.78, 5) is 9.12. The van der Waals surface area contributed by atoms with Crippen molar-refractivity contribution in [3.8, 4) is 28.3 Å². The van der Waals surface area contributed by atoms with Crippen molar-refractivity contribution < 1.29 is 4.74 Å². The lowest BCUT2D eigenvalue weighted by atomic mass is 10.0. The lowest BCUT2D eigenvalue weighted by Gasteiger charge is -2.07. The average Bonchev–Trinajstić information content (AvgIpc) is 3.22. The summed E-state index contributed by atoms with van der Waals surface area (Å²) in [6, 6.07) is 16.1. The molecule has 1 atom stereocenters. The van der Waals surface area contributed by atoms with Crippen LogP contribution >= 0.6 is 11.6 Å². The molecule has 0 saturated carbocycles. The molecule has 0 amide bonds. The summed E-state index contributed by atoms with van der Waals surface area (Å²) in [6.07, 6.45) is 3.44. The number of nitrogens with zero attached hydrogens (tertiary/aromatic N) is 3. The minimum atomic E-state index is -0.0748. The van der Waals surface area contributed by atoms with Crippen molar-refractivity contribution in [2.45, 2.75) is 6.04 Å². The van der Waals surface area contributed by atoms with Gasteiger partial charge < -0.3 is 10.5 Å². The number of imidazole rings is 1. The van der Waals surface area contributed by atoms with Gasteiger partial charge in [0.1, 0.15) is 12.4 Å². The summed E-state index contributed by atoms with van der Waals surface area (Å²) in [5.74, 6) is 1.42. The van der Waals surface area contributed by atoms with E-state index in [0.29, 0.717) is 17.4 Å². The maximum Gasteiger partial charge on any atom is 0.234 e. The van der Waals surface area contributed by atoms with E-state index in [1.807, 2.05) is 59.1 Å². The van der Waals surface area contributed by atoms with Crippen LogP contribution in [0.25, 0.3) is 28.3 Å². The molecule has 0 radical (unpaired) electrons. The number of nitrogens with two attached hydrogens (primary N) is 1. The maximum absolute atomic E-state index is 6.18. The van der Waals surface area contributed by atoms with Gasteiger partial charge in [-0.05, 0) is 6.07 Å². The SMILES string of the molecule is NC1COc2cc(-c3nc4ncc(Cl)cn4c3-c3ccccc3)ccc21. The molecule has 0 bridgehead atoms. The minimum absolute atomic E-state index is 0.0748. The van der Waals surface area contributed by atoms with Crippen molar-refractivity contribution in [3.05, 3.63) is 71.5 Å². The van der Waals surface area contributed by atoms with Gasteiger partial charge in [-0.25, -0.2) is 9.97 Å². The predicted octanol–water partition coefficient (Wildman–Crippen LogP) is 4.11. The Hall–Kier alpha value is -2.89. The van der Waals surface area contributed by atoms with Crippen LogP contribution in [0.1, 0.15) is 11.6 Å². The molecule has 0 fully saturated rings. The van der Waals surface area contributed by atoms with Gasteiger partial charge in [0, 0.05) is 22.9 Å². The highest BCUT2D eigenvalue weighted by atomic mass is 35.5. The Balaban J connectivity index is 1.78. The largest absolute Gasteiger partial charge is 0.491 e. The van der Waals surface area contributed by atoms with E-state index in [1.54, 1.807) is 6.20 Å². The first-order valence-electron chi connectivity index (χ1n) is 8.32. The molecule has 26 heavy (non-hydrogen) atoms. The number of rotatable bonds is 2. The molecule has 2 aromatic heterocycles. The van der Waals surface area contributed by atoms with Crippen molar-refractivity contribution >= 4 is 17.4 Å². The van der Waals surface area contributed by atoms with Crippen LogP contribution in [0, 0.1) is 0 Å². The molecule has 5 nitrogen and oxygen atoms in total. The zero-order valence-corrected chi connectivity index (χ0v) is 14.5. The predicted molar refractivity (Wildman–Crippen MR) is 101 cm³/mol. The molecule has 2 aromatic carbocycles. The Kier molecular flexibility index (Phi) is 3.45. The molecule has 0 aliphatic carbocycles. The van der Waals surface area contributed by atoms with Crippen LogP contribution in [-0.2, 0) is 0 Å². The van der Waals surface area contributed by atoms with Crippen LogP contribution in [0.3, 0.4) is 0 Å². The van der Waals surface area contributed by atoms with Gasteiger partial charge in [-0.3, -0.25) is 4.40 Å². The smallest absolute Gasteiger partial charge is 0.234 e. The van der Waals surface area contributed by atoms with E-state index in [-0.39, 0.29) is 6.04 Å². The molecule has 4 aromatic rings. The number of hydrogen-bond donors (Lipinski definition) is 1. The zero-order chi connectivity index (χ0) is 17.7. The highest BCUT2D eigenvalue weighted by Crippen LogP contribution is 2.38. The Morgan fingerprint density at radius 1 is 1.12 bits per heavy atom. The molecule has 3 heterocycles. The van der Waals surface area contributed by atoms with Crippen LogP contribution in [0.2, 0.25) is 5.02 Å². The van der Waals surface area contributed by atoms with E-state index in [9.17, 15) is 0 Å². The quantitative estimate of drug-likeness (QED) is 0.582. The van der Waals surface area contributed by atoms with E-state index >= 15 is 0 Å². The van der Waals surface area contributed by atoms with Crippen LogP contribution in [0.4, 0.5) is 0 Å². The van der Waals surface area contributed by atoms with Gasteiger partial charge in [0.15, 0.2) is 0 Å². The molecule has 0 spiro atoms. The van der Waals surface area contributed by atoms with E-state index in [2.05, 4.69) is 4.98 Å². The molecule has 1 aliphatic heterocycles. The molecule has 1 unspecified atom stereocenters. The van der Waals surface area contributed by atoms with Crippen molar-refractivity contribution in [1.29, 1.82) is 0 Å². The van der Waals surface area contributed by atoms with E-state index in [0.717, 1.165) is 33.8 Å². The highest BCUT2D eigenvalue weighted by molar-refractivity contribution is 6.30. The summed E-state index contributed by atoms with van der Waals surface area (Å²) in [6.45, 7) is 0.507. The first-order chi connectivity index (χ1) is 12.7. The minimum Gasteiger partial charge on any atom is -0.491 e. The van der Waals surface area contributed by atoms with Gasteiger partial charge in [-0.1, -0.05) is 54.1 Å². The monoisotopic (exact) mass is 362 g/mol. The second kappa shape index (κ2) is 5.83. The number of halogens is 1. The van der Waals surface area contributed by atoms with E-state index in [4.69, 9.17) is 27.1 Å². The van der Waals surface area contributed by atoms with Crippen LogP contribution in [0.5, 0.6) is 5.75 Å². The normalized spacial score (nSPS) is 15.8. The third-order valence-electron chi connectivity index (χ3n) is 4.60. The first-order valence-corrected chi connectivity index (χ1v) is 8.70. The van der Waals surface area contributed by atoms with E-state index in [1.165, 1.54) is 0 Å². The first kappa shape index (κ1) is 15.4. The summed E-state index contributed by atoms with van der Waals surface area (Å²) in [5.41, 5.74) is 10.9. The van der Waals surface area contributed by atoms with Crippen molar-refractivity contribution in [2.75, 3.05) is 6.61 Å². The summed E-state index contributed by atoms with van der Waals surface area (Å²) < 4.78 is 7.64. The molecule has 0 saturated heterocycles. The lowest BCUT2D eigenvalue weighted by Crippen LogP contribution is -2.10. The summed E-state index contributed by atoms with van der Waals surface area (Å²) >= 11 is 6.18. The number of benzene rings is 2. The number of fused-ring (bicyclic) bond motifs is 2. The molecular formula is C20H15ClN4O. The fourth-order valence-electron chi connectivity index (χ4n) is 3.37. The van der Waals surface area contributed by atoms with Gasteiger partial charge in [-0.2, -0.15) is 0 Å². The van der Waals surface area contributed by atoms with E-state index < -0.39 is 0 Å². The molecule has 1 aliphatic rings. The molecule has 6 heteroatoms. The van der Waals surface area contributed by atoms with Crippen molar-refractivity contribution in [3.63, 3.8) is 0 Å². The van der Waals surface area contributed by atoms with Gasteiger partial charge in [-0.15, -0.1) is 0 Å². The van der Waals surface area contributed by atoms with Gasteiger partial charge in [0.2, 0.25) is 5.78 Å². The van der Waals surface area contributed by atoms with Crippen LogP contribution in [0.15, 0.2) is 60.9 Å². The lowest BCUT2D eigenvalue weighted by molar-refractivity contribution is 0.333. The molecule has 128 valence electrons. The molecular weight excluding hydrogens is 348 g/mol. The van der Waals surface area contributed by atoms with Gasteiger partial charge >= 0.3 is 0 Å². The Morgan fingerprint density at radius 3 is 2.81 bits per heavy atom. The third-order valence-corrected chi connectivity index (χ3v) is 4.80. The van der Waals surface area contributed by atoms with Gasteiger partial charge in [0.25, 0.3) is 0 Å². The Labute approximate surface area is 155 Å². The van der Waals surface area contributed by atoms with Crippen molar-refractivity contribution in [1.82, 2.24) is 14.4 Å². The standard InChI is InChI=1S/C20H15ClN4O/c21-14-9-23-20-24-18(13-6-7-15-16(22)11-26-17(15)8-13)19(25(20)10-14)12-4-2-1-3-5-12/h1-10,16H,11,22H2. The number of aromatic nitrogens is 3. The second-order valence-electron chi connectivity index (χ2n) is 6.29. The summed E-state index contributed by atoms with van der Waals surface area (Å²) in [5, 5.41) is 0.557. The Morgan fingerprint density at radius 2 is 1.96 bits per heavy atom. The molecule has 2 N–H and O–H groups in total.